The summed E-state index contributed by atoms with van der Waals surface area (Å²) in [6.45, 7) is 0. The summed E-state index contributed by atoms with van der Waals surface area (Å²) in [7, 11) is 1.71. The summed E-state index contributed by atoms with van der Waals surface area (Å²) in [5.74, 6) is -0.262. The molecule has 0 saturated carbocycles. The van der Waals surface area contributed by atoms with Crippen molar-refractivity contribution >= 4 is 22.4 Å². The van der Waals surface area contributed by atoms with Crippen LogP contribution >= 0.6 is 11.3 Å². The molecule has 0 atom stereocenters. The zero-order valence-corrected chi connectivity index (χ0v) is 11.3. The minimum absolute atomic E-state index is 0.262. The van der Waals surface area contributed by atoms with E-state index in [2.05, 4.69) is 25.6 Å². The van der Waals surface area contributed by atoms with Gasteiger partial charge in [0.15, 0.2) is 0 Å². The minimum Gasteiger partial charge on any atom is -0.295 e. The van der Waals surface area contributed by atoms with Gasteiger partial charge in [-0.2, -0.15) is 5.10 Å². The molecule has 0 fully saturated rings. The van der Waals surface area contributed by atoms with E-state index in [1.807, 2.05) is 12.1 Å². The highest BCUT2D eigenvalue weighted by Gasteiger charge is 2.13. The van der Waals surface area contributed by atoms with Crippen molar-refractivity contribution in [1.29, 1.82) is 0 Å². The first kappa shape index (κ1) is 12.4. The Labute approximate surface area is 118 Å². The molecule has 0 bridgehead atoms. The highest BCUT2D eigenvalue weighted by molar-refractivity contribution is 7.18. The van der Waals surface area contributed by atoms with Gasteiger partial charge in [-0.15, -0.1) is 10.2 Å². The minimum atomic E-state index is -0.262. The van der Waals surface area contributed by atoms with Crippen molar-refractivity contribution in [2.75, 3.05) is 5.32 Å². The van der Waals surface area contributed by atoms with Crippen LogP contribution < -0.4 is 5.32 Å². The van der Waals surface area contributed by atoms with E-state index in [4.69, 9.17) is 0 Å². The molecule has 0 radical (unpaired) electrons. The number of aromatic nitrogens is 5. The first-order chi connectivity index (χ1) is 9.74. The van der Waals surface area contributed by atoms with Gasteiger partial charge in [-0.3, -0.25) is 19.8 Å². The summed E-state index contributed by atoms with van der Waals surface area (Å²) in [5.41, 5.74) is 1.38. The molecule has 0 saturated heterocycles. The smallest absolute Gasteiger partial charge is 0.275 e. The molecule has 0 aliphatic rings. The van der Waals surface area contributed by atoms with Crippen molar-refractivity contribution < 1.29 is 4.79 Å². The van der Waals surface area contributed by atoms with E-state index in [0.717, 1.165) is 10.6 Å². The van der Waals surface area contributed by atoms with E-state index < -0.39 is 0 Å². The zero-order valence-electron chi connectivity index (χ0n) is 10.5. The van der Waals surface area contributed by atoms with Gasteiger partial charge in [0.25, 0.3) is 5.91 Å². The molecule has 8 heteroatoms. The summed E-state index contributed by atoms with van der Waals surface area (Å²) < 4.78 is 1.50. The Balaban J connectivity index is 1.78. The Morgan fingerprint density at radius 2 is 2.00 bits per heavy atom. The van der Waals surface area contributed by atoms with Crippen molar-refractivity contribution in [1.82, 2.24) is 25.0 Å². The lowest BCUT2D eigenvalue weighted by molar-refractivity contribution is 0.101. The van der Waals surface area contributed by atoms with Crippen molar-refractivity contribution in [3.8, 4) is 10.6 Å². The molecule has 3 heterocycles. The molecule has 1 N–H and O–H groups in total. The van der Waals surface area contributed by atoms with Gasteiger partial charge in [0, 0.05) is 31.2 Å². The molecule has 3 aromatic rings. The van der Waals surface area contributed by atoms with Gasteiger partial charge in [-0.05, 0) is 18.2 Å². The fraction of sp³-hybridized carbons (Fsp3) is 0.0833. The maximum atomic E-state index is 12.0. The van der Waals surface area contributed by atoms with Gasteiger partial charge in [-0.1, -0.05) is 11.3 Å². The predicted molar refractivity (Wildman–Crippen MR) is 74.3 cm³/mol. The van der Waals surface area contributed by atoms with E-state index in [-0.39, 0.29) is 5.91 Å². The molecule has 0 spiro atoms. The van der Waals surface area contributed by atoms with E-state index in [1.165, 1.54) is 16.0 Å². The number of pyridine rings is 1. The number of hydrogen-bond donors (Lipinski definition) is 1. The van der Waals surface area contributed by atoms with E-state index >= 15 is 0 Å². The SMILES string of the molecule is Cn1nccc1C(=O)Nc1nnc(-c2ccncc2)s1. The summed E-state index contributed by atoms with van der Waals surface area (Å²) in [6, 6.07) is 5.32. The lowest BCUT2D eigenvalue weighted by Gasteiger charge is -2.00. The Morgan fingerprint density at radius 1 is 1.20 bits per heavy atom. The van der Waals surface area contributed by atoms with E-state index in [0.29, 0.717) is 10.8 Å². The van der Waals surface area contributed by atoms with Gasteiger partial charge in [0.1, 0.15) is 10.7 Å². The molecule has 3 rings (SSSR count). The summed E-state index contributed by atoms with van der Waals surface area (Å²) >= 11 is 1.31. The second kappa shape index (κ2) is 5.17. The predicted octanol–water partition coefficient (Wildman–Crippen LogP) is 1.59. The van der Waals surface area contributed by atoms with E-state index in [1.54, 1.807) is 31.7 Å². The number of aryl methyl sites for hydroxylation is 1. The number of hydrogen-bond acceptors (Lipinski definition) is 6. The highest BCUT2D eigenvalue weighted by Crippen LogP contribution is 2.25. The lowest BCUT2D eigenvalue weighted by atomic mass is 10.3. The number of amides is 1. The van der Waals surface area contributed by atoms with Crippen molar-refractivity contribution in [3.63, 3.8) is 0 Å². The standard InChI is InChI=1S/C12H10N6OS/c1-18-9(4-7-14-18)10(19)15-12-17-16-11(20-12)8-2-5-13-6-3-8/h2-7H,1H3,(H,15,17,19). The van der Waals surface area contributed by atoms with Crippen LogP contribution in [-0.4, -0.2) is 30.9 Å². The number of carbonyl (C=O) groups is 1. The molecule has 20 heavy (non-hydrogen) atoms. The Morgan fingerprint density at radius 3 is 2.70 bits per heavy atom. The highest BCUT2D eigenvalue weighted by atomic mass is 32.1. The van der Waals surface area contributed by atoms with Crippen LogP contribution in [0.25, 0.3) is 10.6 Å². The molecular formula is C12H10N6OS. The Bertz CT molecular complexity index is 735. The average molecular weight is 286 g/mol. The summed E-state index contributed by atoms with van der Waals surface area (Å²) in [4.78, 5) is 15.9. The van der Waals surface area contributed by atoms with Gasteiger partial charge < -0.3 is 0 Å². The van der Waals surface area contributed by atoms with Gasteiger partial charge >= 0.3 is 0 Å². The van der Waals surface area contributed by atoms with E-state index in [9.17, 15) is 4.79 Å². The first-order valence-electron chi connectivity index (χ1n) is 5.77. The molecule has 3 aromatic heterocycles. The number of anilines is 1. The van der Waals surface area contributed by atoms with Crippen molar-refractivity contribution in [3.05, 3.63) is 42.5 Å². The molecule has 0 aliphatic carbocycles. The van der Waals surface area contributed by atoms with Crippen LogP contribution in [0.1, 0.15) is 10.5 Å². The molecule has 7 nitrogen and oxygen atoms in total. The molecule has 1 amide bonds. The van der Waals surface area contributed by atoms with Gasteiger partial charge in [0.2, 0.25) is 5.13 Å². The van der Waals surface area contributed by atoms with Crippen LogP contribution in [0.2, 0.25) is 0 Å². The van der Waals surface area contributed by atoms with Crippen LogP contribution in [-0.2, 0) is 7.05 Å². The summed E-state index contributed by atoms with van der Waals surface area (Å²) in [6.07, 6.45) is 4.94. The molecule has 0 unspecified atom stereocenters. The normalized spacial score (nSPS) is 10.4. The molecule has 0 aromatic carbocycles. The fourth-order valence-corrected chi connectivity index (χ4v) is 2.39. The third kappa shape index (κ3) is 2.41. The molecule has 0 aliphatic heterocycles. The largest absolute Gasteiger partial charge is 0.295 e. The van der Waals surface area contributed by atoms with Crippen molar-refractivity contribution in [2.45, 2.75) is 0 Å². The lowest BCUT2D eigenvalue weighted by Crippen LogP contribution is -2.15. The molecular weight excluding hydrogens is 276 g/mol. The van der Waals surface area contributed by atoms with Gasteiger partial charge in [-0.25, -0.2) is 0 Å². The average Bonchev–Trinajstić information content (AvgIpc) is 3.09. The van der Waals surface area contributed by atoms with Crippen LogP contribution in [0.3, 0.4) is 0 Å². The topological polar surface area (TPSA) is 85.6 Å². The third-order valence-electron chi connectivity index (χ3n) is 2.63. The third-order valence-corrected chi connectivity index (χ3v) is 3.51. The maximum absolute atomic E-state index is 12.0. The maximum Gasteiger partial charge on any atom is 0.275 e. The second-order valence-corrected chi connectivity index (χ2v) is 4.92. The second-order valence-electron chi connectivity index (χ2n) is 3.94. The monoisotopic (exact) mass is 286 g/mol. The van der Waals surface area contributed by atoms with Gasteiger partial charge in [0.05, 0.1) is 0 Å². The summed E-state index contributed by atoms with van der Waals surface area (Å²) in [5, 5.41) is 15.8. The van der Waals surface area contributed by atoms with Crippen LogP contribution in [0, 0.1) is 0 Å². The number of nitrogens with zero attached hydrogens (tertiary/aromatic N) is 5. The molecule has 100 valence electrons. The quantitative estimate of drug-likeness (QED) is 0.790. The van der Waals surface area contributed by atoms with Crippen LogP contribution in [0.15, 0.2) is 36.8 Å². The van der Waals surface area contributed by atoms with Crippen LogP contribution in [0.5, 0.6) is 0 Å². The Kier molecular flexibility index (Phi) is 3.21. The van der Waals surface area contributed by atoms with Crippen LogP contribution in [0.4, 0.5) is 5.13 Å². The number of rotatable bonds is 3. The Hall–Kier alpha value is -2.61. The zero-order chi connectivity index (χ0) is 13.9. The number of carbonyl (C=O) groups excluding carboxylic acids is 1. The fourth-order valence-electron chi connectivity index (χ4n) is 1.64. The van der Waals surface area contributed by atoms with Crippen molar-refractivity contribution in [2.24, 2.45) is 7.05 Å². The first-order valence-corrected chi connectivity index (χ1v) is 6.59. The number of nitrogens with one attached hydrogen (secondary N) is 1.